The molecule has 1 amide bonds. The molecule has 3 aromatic carbocycles. The van der Waals surface area contributed by atoms with Crippen LogP contribution in [0, 0.1) is 13.8 Å². The summed E-state index contributed by atoms with van der Waals surface area (Å²) in [5.41, 5.74) is 5.90. The Morgan fingerprint density at radius 1 is 1.03 bits per heavy atom. The van der Waals surface area contributed by atoms with Crippen molar-refractivity contribution in [2.45, 2.75) is 13.8 Å². The molecule has 0 aliphatic heterocycles. The number of fused-ring (bicyclic) bond motifs is 1. The van der Waals surface area contributed by atoms with Gasteiger partial charge in [0.05, 0.1) is 21.5 Å². The molecule has 0 fully saturated rings. The monoisotopic (exact) mass is 458 g/mol. The molecule has 0 radical (unpaired) electrons. The first-order valence-electron chi connectivity index (χ1n) is 10.1. The van der Waals surface area contributed by atoms with Crippen molar-refractivity contribution in [1.29, 1.82) is 0 Å². The fourth-order valence-corrected chi connectivity index (χ4v) is 4.83. The van der Waals surface area contributed by atoms with Crippen LogP contribution in [0.4, 0.5) is 5.13 Å². The molecule has 0 atom stereocenters. The Kier molecular flexibility index (Phi) is 5.25. The van der Waals surface area contributed by atoms with Crippen molar-refractivity contribution in [3.63, 3.8) is 0 Å². The summed E-state index contributed by atoms with van der Waals surface area (Å²) >= 11 is 7.53. The minimum Gasteiger partial charge on any atom is -0.298 e. The SMILES string of the molecule is Cc1cc(C)c2nc(NC(=O)c3cn(-c4ccccc4)nc3-c3ccc(Cl)cc3)sc2c1. The van der Waals surface area contributed by atoms with Crippen molar-refractivity contribution in [2.24, 2.45) is 0 Å². The molecule has 0 unspecified atom stereocenters. The van der Waals surface area contributed by atoms with E-state index in [9.17, 15) is 4.79 Å². The Bertz CT molecular complexity index is 1440. The number of hydrogen-bond donors (Lipinski definition) is 1. The van der Waals surface area contributed by atoms with Gasteiger partial charge >= 0.3 is 0 Å². The molecular formula is C25H19ClN4OS. The van der Waals surface area contributed by atoms with E-state index in [1.165, 1.54) is 16.9 Å². The van der Waals surface area contributed by atoms with E-state index >= 15 is 0 Å². The maximum Gasteiger partial charge on any atom is 0.261 e. The smallest absolute Gasteiger partial charge is 0.261 e. The lowest BCUT2D eigenvalue weighted by atomic mass is 10.1. The molecular weight excluding hydrogens is 440 g/mol. The minimum absolute atomic E-state index is 0.259. The lowest BCUT2D eigenvalue weighted by Crippen LogP contribution is -2.12. The van der Waals surface area contributed by atoms with Gasteiger partial charge in [-0.25, -0.2) is 9.67 Å². The summed E-state index contributed by atoms with van der Waals surface area (Å²) in [5.74, 6) is -0.259. The number of benzene rings is 3. The molecule has 1 N–H and O–H groups in total. The highest BCUT2D eigenvalue weighted by Crippen LogP contribution is 2.31. The zero-order chi connectivity index (χ0) is 22.2. The second kappa shape index (κ2) is 8.22. The summed E-state index contributed by atoms with van der Waals surface area (Å²) < 4.78 is 2.76. The first kappa shape index (κ1) is 20.4. The van der Waals surface area contributed by atoms with Crippen molar-refractivity contribution in [3.8, 4) is 16.9 Å². The standard InChI is InChI=1S/C25H19ClN4OS/c1-15-12-16(2)22-21(13-15)32-25(27-22)28-24(31)20-14-30(19-6-4-3-5-7-19)29-23(20)17-8-10-18(26)11-9-17/h3-14H,1-2H3,(H,27,28,31). The fraction of sp³-hybridized carbons (Fsp3) is 0.0800. The largest absolute Gasteiger partial charge is 0.298 e. The maximum absolute atomic E-state index is 13.3. The average molecular weight is 459 g/mol. The van der Waals surface area contributed by atoms with Gasteiger partial charge in [-0.2, -0.15) is 5.10 Å². The highest BCUT2D eigenvalue weighted by atomic mass is 35.5. The van der Waals surface area contributed by atoms with E-state index in [2.05, 4.69) is 29.4 Å². The quantitative estimate of drug-likeness (QED) is 0.327. The number of halogens is 1. The number of carbonyl (C=O) groups excluding carboxylic acids is 1. The van der Waals surface area contributed by atoms with E-state index < -0.39 is 0 Å². The summed E-state index contributed by atoms with van der Waals surface area (Å²) in [6, 6.07) is 21.2. The van der Waals surface area contributed by atoms with Gasteiger partial charge in [0.25, 0.3) is 5.91 Å². The van der Waals surface area contributed by atoms with Crippen LogP contribution in [0.1, 0.15) is 21.5 Å². The summed E-state index contributed by atoms with van der Waals surface area (Å²) in [6.45, 7) is 4.09. The molecule has 5 aromatic rings. The normalized spacial score (nSPS) is 11.1. The van der Waals surface area contributed by atoms with Crippen LogP contribution in [0.3, 0.4) is 0 Å². The van der Waals surface area contributed by atoms with E-state index in [0.717, 1.165) is 27.0 Å². The summed E-state index contributed by atoms with van der Waals surface area (Å²) in [7, 11) is 0. The average Bonchev–Trinajstić information content (AvgIpc) is 3.39. The Hall–Kier alpha value is -3.48. The molecule has 0 spiro atoms. The molecule has 5 rings (SSSR count). The Morgan fingerprint density at radius 2 is 1.78 bits per heavy atom. The topological polar surface area (TPSA) is 59.8 Å². The number of para-hydroxylation sites is 1. The molecule has 0 aliphatic rings. The van der Waals surface area contributed by atoms with E-state index in [-0.39, 0.29) is 5.91 Å². The molecule has 0 aliphatic carbocycles. The third-order valence-corrected chi connectivity index (χ3v) is 6.32. The lowest BCUT2D eigenvalue weighted by molar-refractivity contribution is 0.102. The van der Waals surface area contributed by atoms with Crippen LogP contribution in [0.25, 0.3) is 27.2 Å². The molecule has 7 heteroatoms. The number of rotatable bonds is 4. The first-order valence-corrected chi connectivity index (χ1v) is 11.3. The van der Waals surface area contributed by atoms with E-state index in [1.807, 2.05) is 49.4 Å². The van der Waals surface area contributed by atoms with Gasteiger partial charge in [-0.15, -0.1) is 0 Å². The molecule has 32 heavy (non-hydrogen) atoms. The predicted octanol–water partition coefficient (Wildman–Crippen LogP) is 6.67. The van der Waals surface area contributed by atoms with Crippen molar-refractivity contribution in [1.82, 2.24) is 14.8 Å². The van der Waals surface area contributed by atoms with Gasteiger partial charge in [-0.05, 0) is 55.3 Å². The van der Waals surface area contributed by atoms with E-state index in [0.29, 0.717) is 21.4 Å². The van der Waals surface area contributed by atoms with Gasteiger partial charge in [0, 0.05) is 16.8 Å². The highest BCUT2D eigenvalue weighted by molar-refractivity contribution is 7.22. The number of nitrogens with one attached hydrogen (secondary N) is 1. The van der Waals surface area contributed by atoms with Crippen LogP contribution >= 0.6 is 22.9 Å². The highest BCUT2D eigenvalue weighted by Gasteiger charge is 2.20. The summed E-state index contributed by atoms with van der Waals surface area (Å²) in [6.07, 6.45) is 1.75. The molecule has 2 heterocycles. The van der Waals surface area contributed by atoms with Crippen LogP contribution in [0.2, 0.25) is 5.02 Å². The summed E-state index contributed by atoms with van der Waals surface area (Å²) in [4.78, 5) is 18.0. The van der Waals surface area contributed by atoms with Gasteiger partial charge in [0.15, 0.2) is 5.13 Å². The Balaban J connectivity index is 1.55. The molecule has 0 saturated carbocycles. The predicted molar refractivity (Wildman–Crippen MR) is 131 cm³/mol. The van der Waals surface area contributed by atoms with Gasteiger partial charge in [-0.3, -0.25) is 10.1 Å². The molecule has 158 valence electrons. The van der Waals surface area contributed by atoms with Gasteiger partial charge in [0.2, 0.25) is 0 Å². The number of carbonyl (C=O) groups is 1. The fourth-order valence-electron chi connectivity index (χ4n) is 3.66. The van der Waals surface area contributed by atoms with Crippen LogP contribution in [0.5, 0.6) is 0 Å². The third-order valence-electron chi connectivity index (χ3n) is 5.15. The number of aromatic nitrogens is 3. The van der Waals surface area contributed by atoms with Gasteiger partial charge < -0.3 is 0 Å². The lowest BCUT2D eigenvalue weighted by Gasteiger charge is -2.03. The van der Waals surface area contributed by atoms with Crippen molar-refractivity contribution < 1.29 is 4.79 Å². The third kappa shape index (κ3) is 3.90. The second-order valence-electron chi connectivity index (χ2n) is 7.58. The Labute approximate surface area is 194 Å². The number of thiazole rings is 1. The molecule has 5 nitrogen and oxygen atoms in total. The van der Waals surface area contributed by atoms with Crippen LogP contribution in [-0.2, 0) is 0 Å². The first-order chi connectivity index (χ1) is 15.5. The van der Waals surface area contributed by atoms with Crippen LogP contribution in [0.15, 0.2) is 72.9 Å². The van der Waals surface area contributed by atoms with Crippen LogP contribution in [-0.4, -0.2) is 20.7 Å². The van der Waals surface area contributed by atoms with E-state index in [1.54, 1.807) is 23.0 Å². The molecule has 0 bridgehead atoms. The van der Waals surface area contributed by atoms with Gasteiger partial charge in [0.1, 0.15) is 5.69 Å². The van der Waals surface area contributed by atoms with Gasteiger partial charge in [-0.1, -0.05) is 59.3 Å². The minimum atomic E-state index is -0.259. The number of aryl methyl sites for hydroxylation is 2. The molecule has 0 saturated heterocycles. The van der Waals surface area contributed by atoms with Crippen molar-refractivity contribution in [2.75, 3.05) is 5.32 Å². The number of nitrogens with zero attached hydrogens (tertiary/aromatic N) is 3. The zero-order valence-electron chi connectivity index (χ0n) is 17.5. The van der Waals surface area contributed by atoms with E-state index in [4.69, 9.17) is 16.7 Å². The number of anilines is 1. The Morgan fingerprint density at radius 3 is 2.53 bits per heavy atom. The van der Waals surface area contributed by atoms with Crippen molar-refractivity contribution in [3.05, 3.63) is 94.6 Å². The van der Waals surface area contributed by atoms with Crippen LogP contribution < -0.4 is 5.32 Å². The second-order valence-corrected chi connectivity index (χ2v) is 9.05. The summed E-state index contributed by atoms with van der Waals surface area (Å²) in [5, 5.41) is 8.87. The maximum atomic E-state index is 13.3. The number of hydrogen-bond acceptors (Lipinski definition) is 4. The number of amides is 1. The molecule has 2 aromatic heterocycles. The zero-order valence-corrected chi connectivity index (χ0v) is 19.0. The van der Waals surface area contributed by atoms with Crippen molar-refractivity contribution >= 4 is 44.2 Å².